The van der Waals surface area contributed by atoms with E-state index >= 15 is 0 Å². The van der Waals surface area contributed by atoms with Crippen LogP contribution in [0.2, 0.25) is 0 Å². The van der Waals surface area contributed by atoms with Crippen molar-refractivity contribution >= 4 is 5.71 Å². The van der Waals surface area contributed by atoms with Crippen LogP contribution in [-0.4, -0.2) is 12.3 Å². The van der Waals surface area contributed by atoms with Gasteiger partial charge < -0.3 is 0 Å². The van der Waals surface area contributed by atoms with Crippen LogP contribution in [0.5, 0.6) is 0 Å². The van der Waals surface area contributed by atoms with Crippen LogP contribution in [0.4, 0.5) is 0 Å². The minimum atomic E-state index is -0.253. The van der Waals surface area contributed by atoms with Crippen molar-refractivity contribution in [3.8, 4) is 6.07 Å². The lowest BCUT2D eigenvalue weighted by atomic mass is 9.61. The van der Waals surface area contributed by atoms with Gasteiger partial charge in [-0.05, 0) is 37.8 Å². The number of allylic oxidation sites excluding steroid dienone is 4. The Morgan fingerprint density at radius 2 is 2.00 bits per heavy atom. The number of nitriles is 1. The van der Waals surface area contributed by atoms with Crippen molar-refractivity contribution < 1.29 is 0 Å². The van der Waals surface area contributed by atoms with Gasteiger partial charge in [0.15, 0.2) is 0 Å². The summed E-state index contributed by atoms with van der Waals surface area (Å²) in [5, 5.41) is 9.88. The summed E-state index contributed by atoms with van der Waals surface area (Å²) >= 11 is 0. The summed E-state index contributed by atoms with van der Waals surface area (Å²) in [6.07, 6.45) is 6.51. The van der Waals surface area contributed by atoms with Gasteiger partial charge in [0.25, 0.3) is 0 Å². The van der Waals surface area contributed by atoms with Gasteiger partial charge in [-0.1, -0.05) is 48.1 Å². The topological polar surface area (TPSA) is 36.1 Å². The summed E-state index contributed by atoms with van der Waals surface area (Å²) < 4.78 is 0. The zero-order valence-corrected chi connectivity index (χ0v) is 12.6. The van der Waals surface area contributed by atoms with E-state index in [-0.39, 0.29) is 11.3 Å². The van der Waals surface area contributed by atoms with Gasteiger partial charge >= 0.3 is 0 Å². The quantitative estimate of drug-likeness (QED) is 0.787. The number of rotatable bonds is 2. The highest BCUT2D eigenvalue weighted by Gasteiger charge is 2.45. The smallest absolute Gasteiger partial charge is 0.0859 e. The number of nitrogens with zero attached hydrogens (tertiary/aromatic N) is 2. The molecule has 0 saturated carbocycles. The third-order valence-electron chi connectivity index (χ3n) is 4.54. The Hall–Kier alpha value is -2.14. The van der Waals surface area contributed by atoms with Crippen LogP contribution in [0.1, 0.15) is 38.2 Å². The molecule has 0 saturated heterocycles. The Labute approximate surface area is 126 Å². The molecule has 0 bridgehead atoms. The molecule has 1 aromatic rings. The first kappa shape index (κ1) is 13.8. The maximum absolute atomic E-state index is 9.88. The SMILES string of the molecule is CC1=CC2(C(C#N)c3ccccc3)CCCN=C2C(C)=C1. The first-order valence-electron chi connectivity index (χ1n) is 7.55. The first-order valence-corrected chi connectivity index (χ1v) is 7.55. The number of fused-ring (bicyclic) bond motifs is 1. The summed E-state index contributed by atoms with van der Waals surface area (Å²) in [7, 11) is 0. The molecule has 0 N–H and O–H groups in total. The molecule has 2 unspecified atom stereocenters. The molecule has 0 spiro atoms. The average Bonchev–Trinajstić information content (AvgIpc) is 2.48. The van der Waals surface area contributed by atoms with Gasteiger partial charge in [0, 0.05) is 12.3 Å². The van der Waals surface area contributed by atoms with Crippen molar-refractivity contribution in [2.45, 2.75) is 32.6 Å². The maximum Gasteiger partial charge on any atom is 0.0859 e. The van der Waals surface area contributed by atoms with E-state index in [1.807, 2.05) is 18.2 Å². The van der Waals surface area contributed by atoms with Crippen molar-refractivity contribution in [1.82, 2.24) is 0 Å². The number of hydrogen-bond donors (Lipinski definition) is 0. The predicted molar refractivity (Wildman–Crippen MR) is 86.3 cm³/mol. The van der Waals surface area contributed by atoms with E-state index in [1.54, 1.807) is 0 Å². The molecular formula is C19H20N2. The van der Waals surface area contributed by atoms with Crippen molar-refractivity contribution in [3.63, 3.8) is 0 Å². The van der Waals surface area contributed by atoms with E-state index in [0.29, 0.717) is 0 Å². The minimum Gasteiger partial charge on any atom is -0.289 e. The molecule has 2 heteroatoms. The Balaban J connectivity index is 2.17. The molecule has 0 fully saturated rings. The zero-order chi connectivity index (χ0) is 14.9. The van der Waals surface area contributed by atoms with E-state index in [9.17, 15) is 5.26 Å². The zero-order valence-electron chi connectivity index (χ0n) is 12.6. The van der Waals surface area contributed by atoms with Crippen LogP contribution in [0.25, 0.3) is 0 Å². The summed E-state index contributed by atoms with van der Waals surface area (Å²) in [4.78, 5) is 4.79. The highest BCUT2D eigenvalue weighted by atomic mass is 14.8. The van der Waals surface area contributed by atoms with Gasteiger partial charge in [0.05, 0.1) is 17.4 Å². The van der Waals surface area contributed by atoms with Gasteiger partial charge in [0.1, 0.15) is 0 Å². The molecule has 1 aromatic carbocycles. The maximum atomic E-state index is 9.88. The van der Waals surface area contributed by atoms with Gasteiger partial charge in [-0.25, -0.2) is 0 Å². The minimum absolute atomic E-state index is 0.170. The molecule has 2 atom stereocenters. The first-order chi connectivity index (χ1) is 10.2. The fraction of sp³-hybridized carbons (Fsp3) is 0.368. The predicted octanol–water partition coefficient (Wildman–Crippen LogP) is 4.42. The molecule has 2 aliphatic rings. The van der Waals surface area contributed by atoms with Crippen molar-refractivity contribution in [3.05, 3.63) is 59.2 Å². The lowest BCUT2D eigenvalue weighted by molar-refractivity contribution is 0.410. The molecule has 0 radical (unpaired) electrons. The van der Waals surface area contributed by atoms with Gasteiger partial charge in [0.2, 0.25) is 0 Å². The summed E-state index contributed by atoms with van der Waals surface area (Å²) in [5.41, 5.74) is 4.41. The lowest BCUT2D eigenvalue weighted by Crippen LogP contribution is -2.40. The number of aliphatic imine (C=N–C) groups is 1. The molecule has 0 amide bonds. The third-order valence-corrected chi connectivity index (χ3v) is 4.54. The van der Waals surface area contributed by atoms with Gasteiger partial charge in [-0.2, -0.15) is 5.26 Å². The average molecular weight is 276 g/mol. The molecule has 2 nitrogen and oxygen atoms in total. The number of hydrogen-bond acceptors (Lipinski definition) is 2. The molecule has 1 aliphatic carbocycles. The molecule has 1 heterocycles. The van der Waals surface area contributed by atoms with E-state index in [2.05, 4.69) is 44.2 Å². The standard InChI is InChI=1S/C19H20N2/c1-14-11-15(2)18-19(12-14,9-6-10-21-18)17(13-20)16-7-4-3-5-8-16/h3-5,7-8,11-12,17H,6,9-10H2,1-2H3. The highest BCUT2D eigenvalue weighted by molar-refractivity contribution is 6.08. The molecule has 106 valence electrons. The van der Waals surface area contributed by atoms with Crippen LogP contribution < -0.4 is 0 Å². The van der Waals surface area contributed by atoms with Crippen LogP contribution in [0, 0.1) is 16.7 Å². The second-order valence-electron chi connectivity index (χ2n) is 6.06. The van der Waals surface area contributed by atoms with Crippen molar-refractivity contribution in [1.29, 1.82) is 5.26 Å². The Morgan fingerprint density at radius 3 is 2.71 bits per heavy atom. The molecule has 3 rings (SSSR count). The summed E-state index contributed by atoms with van der Waals surface area (Å²) in [5.74, 6) is -0.170. The number of benzene rings is 1. The van der Waals surface area contributed by atoms with E-state index in [0.717, 1.165) is 30.7 Å². The van der Waals surface area contributed by atoms with Crippen LogP contribution in [-0.2, 0) is 0 Å². The molecule has 21 heavy (non-hydrogen) atoms. The lowest BCUT2D eigenvalue weighted by Gasteiger charge is -2.41. The largest absolute Gasteiger partial charge is 0.289 e. The fourth-order valence-electron chi connectivity index (χ4n) is 3.82. The third kappa shape index (κ3) is 2.23. The molecule has 1 aliphatic heterocycles. The summed E-state index contributed by atoms with van der Waals surface area (Å²) in [6.45, 7) is 5.12. The van der Waals surface area contributed by atoms with E-state index in [1.165, 1.54) is 11.1 Å². The molecule has 0 aromatic heterocycles. The Morgan fingerprint density at radius 1 is 1.24 bits per heavy atom. The van der Waals surface area contributed by atoms with Crippen molar-refractivity contribution in [2.24, 2.45) is 10.4 Å². The monoisotopic (exact) mass is 276 g/mol. The van der Waals surface area contributed by atoms with Crippen LogP contribution >= 0.6 is 0 Å². The van der Waals surface area contributed by atoms with Gasteiger partial charge in [-0.15, -0.1) is 0 Å². The Bertz CT molecular complexity index is 673. The van der Waals surface area contributed by atoms with E-state index in [4.69, 9.17) is 4.99 Å². The fourth-order valence-corrected chi connectivity index (χ4v) is 3.82. The highest BCUT2D eigenvalue weighted by Crippen LogP contribution is 2.48. The van der Waals surface area contributed by atoms with Crippen molar-refractivity contribution in [2.75, 3.05) is 6.54 Å². The van der Waals surface area contributed by atoms with E-state index < -0.39 is 0 Å². The molecular weight excluding hydrogens is 256 g/mol. The van der Waals surface area contributed by atoms with Crippen LogP contribution in [0.15, 0.2) is 58.6 Å². The van der Waals surface area contributed by atoms with Gasteiger partial charge in [-0.3, -0.25) is 4.99 Å². The summed E-state index contributed by atoms with van der Waals surface area (Å²) in [6, 6.07) is 12.7. The second kappa shape index (κ2) is 5.33. The second-order valence-corrected chi connectivity index (χ2v) is 6.06. The Kier molecular flexibility index (Phi) is 3.51. The normalized spacial score (nSPS) is 25.9. The van der Waals surface area contributed by atoms with Crippen LogP contribution in [0.3, 0.4) is 0 Å².